The molecule has 3 aliphatic rings. The summed E-state index contributed by atoms with van der Waals surface area (Å²) in [6, 6.07) is -0.474. The lowest BCUT2D eigenvalue weighted by molar-refractivity contribution is 0.831. The first-order valence-corrected chi connectivity index (χ1v) is 8.25. The van der Waals surface area contributed by atoms with Crippen LogP contribution in [0.2, 0.25) is 0 Å². The summed E-state index contributed by atoms with van der Waals surface area (Å²) in [5.41, 5.74) is 2.24. The lowest BCUT2D eigenvalue weighted by atomic mass is 9.91. The highest BCUT2D eigenvalue weighted by Crippen LogP contribution is 2.57. The van der Waals surface area contributed by atoms with Crippen LogP contribution in [0, 0.1) is 0 Å². The first kappa shape index (κ1) is 6.89. The molecule has 0 saturated heterocycles. The Labute approximate surface area is 163 Å². The molecular weight excluding hydrogens is 358 g/mol. The molecule has 3 aromatic carbocycles. The van der Waals surface area contributed by atoms with E-state index in [9.17, 15) is 0 Å². The van der Waals surface area contributed by atoms with Gasteiger partial charge in [-0.2, -0.15) is 0 Å². The van der Waals surface area contributed by atoms with Gasteiger partial charge in [-0.1, -0.05) is 64.3 Å². The van der Waals surface area contributed by atoms with Crippen LogP contribution in [0.3, 0.4) is 0 Å². The first-order valence-electron chi connectivity index (χ1n) is 12.5. The zero-order valence-corrected chi connectivity index (χ0v) is 13.7. The minimum atomic E-state index is -1.25. The predicted molar refractivity (Wildman–Crippen MR) is 105 cm³/mol. The van der Waals surface area contributed by atoms with Gasteiger partial charge < -0.3 is 4.90 Å². The number of benzene rings is 3. The van der Waals surface area contributed by atoms with Crippen LogP contribution in [-0.2, 0) is 0 Å². The zero-order chi connectivity index (χ0) is 24.5. The van der Waals surface area contributed by atoms with E-state index < -0.39 is 18.5 Å². The van der Waals surface area contributed by atoms with Gasteiger partial charge in [0.1, 0.15) is 0 Å². The van der Waals surface area contributed by atoms with Gasteiger partial charge in [-0.15, -0.1) is 0 Å². The first-order chi connectivity index (χ1) is 16.0. The summed E-state index contributed by atoms with van der Waals surface area (Å²) in [5.74, 6) is 0. The third-order valence-electron chi connectivity index (χ3n) is 4.68. The average Bonchev–Trinajstić information content (AvgIpc) is 3.13. The Bertz CT molecular complexity index is 1580. The maximum atomic E-state index is 8.76. The summed E-state index contributed by atoms with van der Waals surface area (Å²) >= 11 is 3.47. The average molecular weight is 382 g/mol. The summed E-state index contributed by atoms with van der Waals surface area (Å²) in [4.78, 5) is 1.62. The van der Waals surface area contributed by atoms with Crippen molar-refractivity contribution in [3.63, 3.8) is 0 Å². The van der Waals surface area contributed by atoms with Crippen molar-refractivity contribution in [2.75, 3.05) is 4.90 Å². The maximum Gasteiger partial charge on any atom is 0.0645 e. The van der Waals surface area contributed by atoms with Gasteiger partial charge in [0.2, 0.25) is 0 Å². The van der Waals surface area contributed by atoms with Crippen molar-refractivity contribution in [1.29, 1.82) is 0 Å². The van der Waals surface area contributed by atoms with E-state index in [1.165, 1.54) is 0 Å². The number of rotatable bonds is 0. The molecule has 1 aliphatic carbocycles. The summed E-state index contributed by atoms with van der Waals surface area (Å²) < 4.78 is 85.6. The van der Waals surface area contributed by atoms with Gasteiger partial charge in [-0.3, -0.25) is 0 Å². The maximum absolute atomic E-state index is 8.76. The Balaban J connectivity index is 1.91. The Morgan fingerprint density at radius 1 is 1.08 bits per heavy atom. The molecule has 24 heavy (non-hydrogen) atoms. The van der Waals surface area contributed by atoms with Crippen molar-refractivity contribution in [1.82, 2.24) is 0 Å². The smallest absolute Gasteiger partial charge is 0.0645 e. The van der Waals surface area contributed by atoms with Crippen molar-refractivity contribution < 1.29 is 13.7 Å². The molecule has 3 aromatic rings. The van der Waals surface area contributed by atoms with Crippen molar-refractivity contribution in [2.45, 2.75) is 12.4 Å². The molecule has 0 spiro atoms. The molecular formula is C22H14BrN. The number of halogens is 1. The van der Waals surface area contributed by atoms with E-state index in [0.29, 0.717) is 26.9 Å². The second kappa shape index (κ2) is 4.40. The van der Waals surface area contributed by atoms with Crippen molar-refractivity contribution in [3.8, 4) is 11.1 Å². The Kier molecular flexibility index (Phi) is 1.26. The number of nitrogens with zero attached hydrogens (tertiary/aromatic N) is 1. The molecule has 114 valence electrons. The minimum Gasteiger partial charge on any atom is -0.332 e. The molecule has 0 saturated carbocycles. The highest BCUT2D eigenvalue weighted by Gasteiger charge is 2.40. The fourth-order valence-corrected chi connectivity index (χ4v) is 4.25. The standard InChI is InChI=1S/C22H14BrN/c23-14-11-17-15-7-1-2-9-19(15)24-20-10-4-6-13-5-3-8-16(21(13)20)18(12-14)22(17)24/h1-8,10-12,19H,9H2/i1D,2D,3D,4D,5D,6D,7D,8D,9D,10D. The molecule has 2 unspecified atom stereocenters. The highest BCUT2D eigenvalue weighted by atomic mass is 79.9. The Hall–Kier alpha value is -2.32. The van der Waals surface area contributed by atoms with Crippen LogP contribution in [0.15, 0.2) is 71.0 Å². The number of anilines is 2. The third kappa shape index (κ3) is 1.46. The summed E-state index contributed by atoms with van der Waals surface area (Å²) in [6.45, 7) is 0. The van der Waals surface area contributed by atoms with Crippen molar-refractivity contribution in [3.05, 3.63) is 76.6 Å². The molecule has 0 fully saturated rings. The Morgan fingerprint density at radius 2 is 1.92 bits per heavy atom. The van der Waals surface area contributed by atoms with Gasteiger partial charge in [0, 0.05) is 22.4 Å². The summed E-state index contributed by atoms with van der Waals surface area (Å²) in [6.07, 6.45) is -1.25. The molecule has 2 heteroatoms. The molecule has 1 nitrogen and oxygen atoms in total. The van der Waals surface area contributed by atoms with E-state index in [1.807, 2.05) is 0 Å². The van der Waals surface area contributed by atoms with Crippen LogP contribution >= 0.6 is 15.9 Å². The molecule has 0 N–H and O–H groups in total. The number of fused-ring (bicyclic) bond motifs is 5. The minimum absolute atomic E-state index is 0.0112. The molecule has 0 radical (unpaired) electrons. The second-order valence-electron chi connectivity index (χ2n) is 5.86. The second-order valence-corrected chi connectivity index (χ2v) is 6.78. The van der Waals surface area contributed by atoms with E-state index in [1.54, 1.807) is 17.0 Å². The van der Waals surface area contributed by atoms with Crippen molar-refractivity contribution in [2.24, 2.45) is 0 Å². The van der Waals surface area contributed by atoms with Gasteiger partial charge in [-0.25, -0.2) is 0 Å². The number of hydrogen-bond acceptors (Lipinski definition) is 1. The SMILES string of the molecule is [2H]C1=C([2H])C([2H])C2C(=C1[2H])c1cc(Br)cc3c1N2c1c([2H])c([2H])c([2H])c2c([2H])c([2H])c([2H])c-3c12. The fourth-order valence-electron chi connectivity index (χ4n) is 3.79. The van der Waals surface area contributed by atoms with Gasteiger partial charge in [0.15, 0.2) is 0 Å². The highest BCUT2D eigenvalue weighted by molar-refractivity contribution is 9.10. The molecule has 2 atom stereocenters. The van der Waals surface area contributed by atoms with Gasteiger partial charge in [0.25, 0.3) is 0 Å². The van der Waals surface area contributed by atoms with E-state index in [4.69, 9.17) is 13.7 Å². The molecule has 2 heterocycles. The molecule has 6 rings (SSSR count). The van der Waals surface area contributed by atoms with Crippen molar-refractivity contribution >= 4 is 43.7 Å². The largest absolute Gasteiger partial charge is 0.332 e. The Morgan fingerprint density at radius 3 is 2.83 bits per heavy atom. The van der Waals surface area contributed by atoms with E-state index in [0.717, 1.165) is 0 Å². The lowest BCUT2D eigenvalue weighted by Crippen LogP contribution is -2.28. The fraction of sp³-hybridized carbons (Fsp3) is 0.0909. The van der Waals surface area contributed by atoms with Crippen LogP contribution in [0.1, 0.15) is 25.7 Å². The lowest BCUT2D eigenvalue weighted by Gasteiger charge is -2.34. The van der Waals surface area contributed by atoms with Crippen LogP contribution in [0.5, 0.6) is 0 Å². The van der Waals surface area contributed by atoms with E-state index in [-0.39, 0.29) is 70.4 Å². The molecule has 2 aliphatic heterocycles. The van der Waals surface area contributed by atoms with E-state index >= 15 is 0 Å². The predicted octanol–water partition coefficient (Wildman–Crippen LogP) is 6.45. The monoisotopic (exact) mass is 381 g/mol. The van der Waals surface area contributed by atoms with Gasteiger partial charge in [0.05, 0.1) is 29.8 Å². The quantitative estimate of drug-likeness (QED) is 0.432. The molecule has 0 bridgehead atoms. The number of allylic oxidation sites excluding steroid dienone is 2. The van der Waals surface area contributed by atoms with Gasteiger partial charge in [-0.05, 0) is 41.1 Å². The topological polar surface area (TPSA) is 3.24 Å². The van der Waals surface area contributed by atoms with Gasteiger partial charge >= 0.3 is 0 Å². The van der Waals surface area contributed by atoms with Crippen LogP contribution in [0.4, 0.5) is 11.4 Å². The van der Waals surface area contributed by atoms with Crippen LogP contribution < -0.4 is 4.90 Å². The summed E-state index contributed by atoms with van der Waals surface area (Å²) in [5, 5.41) is 0.212. The number of hydrogen-bond donors (Lipinski definition) is 0. The normalized spacial score (nSPS) is 29.5. The van der Waals surface area contributed by atoms with Crippen LogP contribution in [0.25, 0.3) is 27.5 Å². The zero-order valence-electron chi connectivity index (χ0n) is 22.1. The summed E-state index contributed by atoms with van der Waals surface area (Å²) in [7, 11) is 0. The van der Waals surface area contributed by atoms with Crippen LogP contribution in [-0.4, -0.2) is 6.04 Å². The third-order valence-corrected chi connectivity index (χ3v) is 5.14. The van der Waals surface area contributed by atoms with E-state index in [2.05, 4.69) is 15.9 Å². The molecule has 0 aromatic heterocycles. The molecule has 0 amide bonds.